The van der Waals surface area contributed by atoms with Crippen molar-refractivity contribution >= 4 is 39.1 Å². The Morgan fingerprint density at radius 3 is 2.81 bits per heavy atom. The van der Waals surface area contributed by atoms with Crippen LogP contribution in [0, 0.1) is 0 Å². The van der Waals surface area contributed by atoms with Gasteiger partial charge in [0.25, 0.3) is 0 Å². The minimum absolute atomic E-state index is 0. The van der Waals surface area contributed by atoms with Crippen LogP contribution >= 0.6 is 22.9 Å². The molecule has 1 heterocycles. The summed E-state index contributed by atoms with van der Waals surface area (Å²) in [6.45, 7) is -0.359. The van der Waals surface area contributed by atoms with Gasteiger partial charge in [0.1, 0.15) is 6.54 Å². The molecule has 0 aliphatic rings. The van der Waals surface area contributed by atoms with Gasteiger partial charge < -0.3 is 10.6 Å². The Kier molecular flexibility index (Phi) is 3.69. The van der Waals surface area contributed by atoms with E-state index in [2.05, 4.69) is 0 Å². The average Bonchev–Trinajstić information content (AvgIpc) is 2.43. The fourth-order valence-corrected chi connectivity index (χ4v) is 2.61. The summed E-state index contributed by atoms with van der Waals surface area (Å²) in [5.74, 6) is -1.06. The van der Waals surface area contributed by atoms with E-state index in [1.807, 2.05) is 0 Å². The van der Waals surface area contributed by atoms with Crippen molar-refractivity contribution in [3.05, 3.63) is 32.9 Å². The molecule has 1 aromatic heterocycles. The maximum absolute atomic E-state index is 11.5. The maximum Gasteiger partial charge on any atom is 0.323 e. The normalized spacial score (nSPS) is 10.1. The zero-order chi connectivity index (χ0) is 11.0. The molecule has 2 rings (SSSR count). The lowest BCUT2D eigenvalue weighted by Gasteiger charge is -2.00. The molecule has 0 spiro atoms. The molecule has 0 saturated heterocycles. The highest BCUT2D eigenvalue weighted by Gasteiger charge is 2.12. The van der Waals surface area contributed by atoms with Crippen molar-refractivity contribution in [2.45, 2.75) is 6.54 Å². The van der Waals surface area contributed by atoms with Crippen molar-refractivity contribution in [1.82, 2.24) is 4.57 Å². The van der Waals surface area contributed by atoms with Crippen LogP contribution in [0.2, 0.25) is 5.02 Å². The number of hydrogen-bond acceptors (Lipinski definition) is 3. The molecule has 0 unspecified atom stereocenters. The van der Waals surface area contributed by atoms with E-state index in [4.69, 9.17) is 16.7 Å². The number of carbonyl (C=O) groups is 1. The largest absolute Gasteiger partial charge is 0.480 e. The van der Waals surface area contributed by atoms with Crippen molar-refractivity contribution in [2.24, 2.45) is 0 Å². The first-order valence-electron chi connectivity index (χ1n) is 4.09. The van der Waals surface area contributed by atoms with Gasteiger partial charge in [0.05, 0.1) is 15.2 Å². The number of nitrogens with zero attached hydrogens (tertiary/aromatic N) is 1. The van der Waals surface area contributed by atoms with Gasteiger partial charge in [0.15, 0.2) is 0 Å². The molecule has 16 heavy (non-hydrogen) atoms. The van der Waals surface area contributed by atoms with Crippen LogP contribution in [0.25, 0.3) is 10.2 Å². The molecule has 0 fully saturated rings. The van der Waals surface area contributed by atoms with Crippen molar-refractivity contribution in [3.8, 4) is 0 Å². The third-order valence-electron chi connectivity index (χ3n) is 1.93. The molecule has 5 nitrogen and oxygen atoms in total. The Morgan fingerprint density at radius 2 is 2.19 bits per heavy atom. The second kappa shape index (κ2) is 4.65. The van der Waals surface area contributed by atoms with Crippen LogP contribution in [0.5, 0.6) is 0 Å². The predicted octanol–water partition coefficient (Wildman–Crippen LogP) is 0.976. The summed E-state index contributed by atoms with van der Waals surface area (Å²) in [6, 6.07) is 5.10. The standard InChI is InChI=1S/C9H6ClNO3S.H2O/c10-5-2-1-3-6-8(5)11(4-7(12)13)9(14)15-6;/h1-3H,4H2,(H,12,13);1H2. The summed E-state index contributed by atoms with van der Waals surface area (Å²) < 4.78 is 1.87. The Morgan fingerprint density at radius 1 is 1.50 bits per heavy atom. The number of carboxylic acids is 1. The average molecular weight is 262 g/mol. The molecule has 0 bridgehead atoms. The number of para-hydroxylation sites is 1. The van der Waals surface area contributed by atoms with Gasteiger partial charge in [-0.25, -0.2) is 0 Å². The van der Waals surface area contributed by atoms with Gasteiger partial charge in [0, 0.05) is 0 Å². The lowest BCUT2D eigenvalue weighted by atomic mass is 10.3. The number of rotatable bonds is 2. The van der Waals surface area contributed by atoms with Crippen LogP contribution < -0.4 is 4.87 Å². The molecule has 0 aliphatic carbocycles. The number of halogens is 1. The van der Waals surface area contributed by atoms with Crippen molar-refractivity contribution in [2.75, 3.05) is 0 Å². The van der Waals surface area contributed by atoms with E-state index in [1.165, 1.54) is 4.57 Å². The minimum Gasteiger partial charge on any atom is -0.480 e. The van der Waals surface area contributed by atoms with Gasteiger partial charge in [0.2, 0.25) is 0 Å². The first-order valence-corrected chi connectivity index (χ1v) is 5.28. The van der Waals surface area contributed by atoms with Crippen LogP contribution in [0.1, 0.15) is 0 Å². The fraction of sp³-hybridized carbons (Fsp3) is 0.111. The molecule has 0 amide bonds. The summed E-state index contributed by atoms with van der Waals surface area (Å²) in [7, 11) is 0. The van der Waals surface area contributed by atoms with Gasteiger partial charge in [-0.05, 0) is 12.1 Å². The zero-order valence-electron chi connectivity index (χ0n) is 7.94. The molecule has 0 aliphatic heterocycles. The Hall–Kier alpha value is -1.37. The molecule has 1 aromatic carbocycles. The van der Waals surface area contributed by atoms with E-state index in [1.54, 1.807) is 18.2 Å². The lowest BCUT2D eigenvalue weighted by Crippen LogP contribution is -2.18. The minimum atomic E-state index is -1.06. The maximum atomic E-state index is 11.5. The van der Waals surface area contributed by atoms with E-state index >= 15 is 0 Å². The number of hydrogen-bond donors (Lipinski definition) is 1. The molecular weight excluding hydrogens is 254 g/mol. The first-order chi connectivity index (χ1) is 7.09. The molecule has 7 heteroatoms. The Labute approximate surface area is 98.8 Å². The Balaban J connectivity index is 0.00000128. The number of thiazole rings is 1. The Bertz CT molecular complexity index is 589. The van der Waals surface area contributed by atoms with Crippen molar-refractivity contribution in [3.63, 3.8) is 0 Å². The number of fused-ring (bicyclic) bond motifs is 1. The number of aromatic nitrogens is 1. The smallest absolute Gasteiger partial charge is 0.323 e. The van der Waals surface area contributed by atoms with E-state index in [9.17, 15) is 9.59 Å². The highest BCUT2D eigenvalue weighted by molar-refractivity contribution is 7.16. The zero-order valence-corrected chi connectivity index (χ0v) is 9.51. The first kappa shape index (κ1) is 12.7. The van der Waals surface area contributed by atoms with E-state index in [0.29, 0.717) is 15.2 Å². The third-order valence-corrected chi connectivity index (χ3v) is 3.18. The van der Waals surface area contributed by atoms with Crippen molar-refractivity contribution < 1.29 is 15.4 Å². The van der Waals surface area contributed by atoms with Gasteiger partial charge in [-0.1, -0.05) is 29.0 Å². The monoisotopic (exact) mass is 261 g/mol. The van der Waals surface area contributed by atoms with Gasteiger partial charge in [-0.15, -0.1) is 0 Å². The molecule has 0 atom stereocenters. The summed E-state index contributed by atoms with van der Waals surface area (Å²) in [5.41, 5.74) is 0.497. The molecule has 0 radical (unpaired) electrons. The second-order valence-electron chi connectivity index (χ2n) is 2.93. The van der Waals surface area contributed by atoms with Gasteiger partial charge in [-0.2, -0.15) is 0 Å². The molecular formula is C9H8ClNO4S. The molecule has 2 aromatic rings. The molecule has 3 N–H and O–H groups in total. The summed E-state index contributed by atoms with van der Waals surface area (Å²) in [6.07, 6.45) is 0. The van der Waals surface area contributed by atoms with E-state index in [-0.39, 0.29) is 16.9 Å². The number of aliphatic carboxylic acids is 1. The highest BCUT2D eigenvalue weighted by Crippen LogP contribution is 2.24. The highest BCUT2D eigenvalue weighted by atomic mass is 35.5. The van der Waals surface area contributed by atoms with Gasteiger partial charge in [-0.3, -0.25) is 14.2 Å². The summed E-state index contributed by atoms with van der Waals surface area (Å²) in [4.78, 5) is 21.8. The lowest BCUT2D eigenvalue weighted by molar-refractivity contribution is -0.137. The van der Waals surface area contributed by atoms with E-state index < -0.39 is 5.97 Å². The van der Waals surface area contributed by atoms with Crippen LogP contribution in [-0.2, 0) is 11.3 Å². The predicted molar refractivity (Wildman–Crippen MR) is 62.3 cm³/mol. The number of benzene rings is 1. The number of carboxylic acid groups (broad SMARTS) is 1. The van der Waals surface area contributed by atoms with Crippen LogP contribution in [0.4, 0.5) is 0 Å². The molecule has 86 valence electrons. The summed E-state index contributed by atoms with van der Waals surface area (Å²) >= 11 is 6.91. The second-order valence-corrected chi connectivity index (χ2v) is 4.33. The third kappa shape index (κ3) is 2.08. The fourth-order valence-electron chi connectivity index (χ4n) is 1.36. The quantitative estimate of drug-likeness (QED) is 0.873. The molecule has 0 saturated carbocycles. The van der Waals surface area contributed by atoms with Crippen LogP contribution in [0.15, 0.2) is 23.0 Å². The summed E-state index contributed by atoms with van der Waals surface area (Å²) in [5, 5.41) is 9.06. The topological polar surface area (TPSA) is 90.8 Å². The SMILES string of the molecule is O.O=C(O)Cn1c(=O)sc2cccc(Cl)c21. The van der Waals surface area contributed by atoms with Crippen molar-refractivity contribution in [1.29, 1.82) is 0 Å². The van der Waals surface area contributed by atoms with Crippen LogP contribution in [-0.4, -0.2) is 21.1 Å². The van der Waals surface area contributed by atoms with Crippen LogP contribution in [0.3, 0.4) is 0 Å². The van der Waals surface area contributed by atoms with E-state index in [0.717, 1.165) is 11.3 Å². The van der Waals surface area contributed by atoms with Gasteiger partial charge >= 0.3 is 10.8 Å².